The monoisotopic (exact) mass is 1630 g/mol. The van der Waals surface area contributed by atoms with Gasteiger partial charge in [-0.05, 0) is 99.7 Å². The number of ketones is 1. The van der Waals surface area contributed by atoms with Crippen molar-refractivity contribution in [3.05, 3.63) is 0 Å². The van der Waals surface area contributed by atoms with E-state index in [4.69, 9.17) is 47.5 Å². The van der Waals surface area contributed by atoms with Gasteiger partial charge in [0.05, 0.1) is 183 Å². The summed E-state index contributed by atoms with van der Waals surface area (Å²) < 4.78 is 46.5. The molecule has 0 spiro atoms. The molecule has 40 atom stereocenters. The fraction of sp³-hybridized carbons (Fsp3) is 0.925. The number of aliphatic hydroxyl groups excluding tert-OH is 18. The molecule has 0 aromatic heterocycles. The van der Waals surface area contributed by atoms with E-state index in [1.807, 2.05) is 27.7 Å². The highest BCUT2D eigenvalue weighted by Gasteiger charge is 2.52. The maximum atomic E-state index is 12.3. The van der Waals surface area contributed by atoms with E-state index in [1.165, 1.54) is 21.1 Å². The molecular weight excluding hydrogens is 1490 g/mol. The van der Waals surface area contributed by atoms with Gasteiger partial charge in [-0.2, -0.15) is 0 Å². The van der Waals surface area contributed by atoms with Crippen molar-refractivity contribution in [1.29, 1.82) is 0 Å². The van der Waals surface area contributed by atoms with Gasteiger partial charge in [0.1, 0.15) is 30.7 Å². The number of methoxy groups -OCH3 is 2. The van der Waals surface area contributed by atoms with Crippen LogP contribution in [0, 0.1) is 130 Å². The van der Waals surface area contributed by atoms with Crippen molar-refractivity contribution in [2.75, 3.05) is 120 Å². The zero-order valence-corrected chi connectivity index (χ0v) is 67.2. The Morgan fingerprint density at radius 3 is 0.973 bits per heavy atom. The quantitative estimate of drug-likeness (QED) is 0.0209. The van der Waals surface area contributed by atoms with Crippen molar-refractivity contribution in [2.24, 2.45) is 130 Å². The predicted molar refractivity (Wildman–Crippen MR) is 407 cm³/mol. The SMILES string of the molecule is C=[OH+].C=[OH+].CCC1CC(C)C(COCC2CC(CO)C(COCC3CC(C=O)C(COCC4CC(CC(C)=O)C(O)C(OC)C4NCC=O)C(O)C3O)C(O)C2O)C(O)C1O.CCC1CC(C)C(COCC2CC(CO)C(COCC3CC(C=O)C(COCC4CC(CO)C(O)C(OC)C4O)C(O)C3O)C(O)C2O)C(O)C1O. The second-order valence-corrected chi connectivity index (χ2v) is 33.9. The van der Waals surface area contributed by atoms with E-state index in [1.54, 1.807) is 0 Å². The van der Waals surface area contributed by atoms with Crippen molar-refractivity contribution < 1.29 is 159 Å². The Morgan fingerprint density at radius 1 is 0.354 bits per heavy atom. The molecule has 0 heterocycles. The van der Waals surface area contributed by atoms with Gasteiger partial charge in [0.25, 0.3) is 13.6 Å². The molecule has 8 fully saturated rings. The van der Waals surface area contributed by atoms with Crippen LogP contribution in [-0.4, -0.2) is 369 Å². The van der Waals surface area contributed by atoms with E-state index in [0.29, 0.717) is 32.0 Å². The first-order valence-corrected chi connectivity index (χ1v) is 40.8. The van der Waals surface area contributed by atoms with Crippen LogP contribution in [0.4, 0.5) is 0 Å². The van der Waals surface area contributed by atoms with Crippen LogP contribution in [0.2, 0.25) is 0 Å². The maximum Gasteiger partial charge on any atom is 0.270 e. The van der Waals surface area contributed by atoms with Crippen molar-refractivity contribution in [3.63, 3.8) is 0 Å². The predicted octanol–water partition coefficient (Wildman–Crippen LogP) is -3.75. The Balaban J connectivity index is 0.000000388. The average Bonchev–Trinajstić information content (AvgIpc) is 0.777. The largest absolute Gasteiger partial charge is 0.396 e. The second-order valence-electron chi connectivity index (χ2n) is 33.9. The van der Waals surface area contributed by atoms with Gasteiger partial charge in [0.15, 0.2) is 0 Å². The fourth-order valence-corrected chi connectivity index (χ4v) is 20.0. The van der Waals surface area contributed by atoms with Gasteiger partial charge in [0, 0.05) is 135 Å². The molecule has 0 bridgehead atoms. The molecule has 0 saturated heterocycles. The van der Waals surface area contributed by atoms with Crippen molar-refractivity contribution >= 4 is 38.2 Å². The lowest BCUT2D eigenvalue weighted by Crippen LogP contribution is -2.59. The Bertz CT molecular complexity index is 2660. The molecule has 0 aromatic carbocycles. The smallest absolute Gasteiger partial charge is 0.270 e. The number of carbonyl (C=O) groups excluding carboxylic acids is 6. The standard InChI is InChI=1S/C41H71NO15.C37H66O15.2CH2O/c1-5-23-8-21(2)30(38(51)34(23)47)18-56-16-28-11-26(14-45)32(40(53)35(28)48)20-57-17-29-12-25(13-44)31(39(52)36(29)49)19-55-15-27-10-24(9-22(3)46)37(50)41(54-4)33(27)42-6-7-43;1-4-19-5-18(2)26(34(46)29(19)41)15-50-12-23-6-20(9-38)27(35(47)30(23)42)16-51-13-24-7-21(10-39)28(36(48)31(24)43)17-52-14-25-8-22(11-40)32(44)37(49-3)33(25)45;2*1-2/h7,13,21,23-42,45,47-53H,5-6,8-12,14-20H2,1-4H3;10,18-38,40-48H,4-9,11-17H2,1-3H3;2*1H2/p+2. The molecule has 8 rings (SSSR count). The number of ether oxygens (including phenoxy) is 8. The van der Waals surface area contributed by atoms with E-state index < -0.39 is 193 Å². The lowest BCUT2D eigenvalue weighted by atomic mass is 9.70. The van der Waals surface area contributed by atoms with Crippen LogP contribution in [-0.2, 0) is 57.1 Å². The molecule has 113 heavy (non-hydrogen) atoms. The molecule has 33 nitrogen and oxygen atoms in total. The zero-order chi connectivity index (χ0) is 84.2. The van der Waals surface area contributed by atoms with Crippen molar-refractivity contribution in [1.82, 2.24) is 5.32 Å². The molecule has 0 aromatic rings. The molecule has 0 aliphatic heterocycles. The van der Waals surface area contributed by atoms with E-state index in [0.717, 1.165) is 38.3 Å². The molecule has 40 unspecified atom stereocenters. The van der Waals surface area contributed by atoms with Crippen LogP contribution in [0.1, 0.15) is 105 Å². The highest BCUT2D eigenvalue weighted by atomic mass is 16.5. The molecule has 8 saturated carbocycles. The summed E-state index contributed by atoms with van der Waals surface area (Å²) >= 11 is 0. The van der Waals surface area contributed by atoms with Gasteiger partial charge >= 0.3 is 0 Å². The van der Waals surface area contributed by atoms with Crippen LogP contribution in [0.15, 0.2) is 0 Å². The molecular formula is C80H143NO32+2. The number of aliphatic hydroxyl groups is 18. The summed E-state index contributed by atoms with van der Waals surface area (Å²) in [5.74, 6) is -8.95. The van der Waals surface area contributed by atoms with Gasteiger partial charge in [-0.3, -0.25) is 9.59 Å². The minimum Gasteiger partial charge on any atom is -0.396 e. The van der Waals surface area contributed by atoms with Gasteiger partial charge in [-0.1, -0.05) is 40.5 Å². The second kappa shape index (κ2) is 50.2. The molecule has 0 amide bonds. The maximum absolute atomic E-state index is 12.3. The summed E-state index contributed by atoms with van der Waals surface area (Å²) in [6.45, 7) is 13.7. The Hall–Kier alpha value is -3.06. The zero-order valence-electron chi connectivity index (χ0n) is 67.2. The third-order valence-electron chi connectivity index (χ3n) is 27.1. The first-order valence-electron chi connectivity index (χ1n) is 40.8. The number of aldehydes is 3. The van der Waals surface area contributed by atoms with Gasteiger partial charge < -0.3 is 154 Å². The number of hydrogen-bond acceptors (Lipinski definition) is 31. The number of hydrogen-bond donors (Lipinski definition) is 19. The van der Waals surface area contributed by atoms with Gasteiger partial charge in [-0.15, -0.1) is 0 Å². The summed E-state index contributed by atoms with van der Waals surface area (Å²) in [6, 6.07) is -0.466. The van der Waals surface area contributed by atoms with Crippen molar-refractivity contribution in [2.45, 2.75) is 215 Å². The Kier molecular flexibility index (Phi) is 44.7. The molecule has 0 radical (unpaired) electrons. The van der Waals surface area contributed by atoms with Crippen molar-refractivity contribution in [3.8, 4) is 0 Å². The fourth-order valence-electron chi connectivity index (χ4n) is 20.0. The van der Waals surface area contributed by atoms with Crippen LogP contribution >= 0.6 is 0 Å². The first-order chi connectivity index (χ1) is 54.0. The van der Waals surface area contributed by atoms with E-state index >= 15 is 0 Å². The van der Waals surface area contributed by atoms with Gasteiger partial charge in [0.2, 0.25) is 0 Å². The van der Waals surface area contributed by atoms with Crippen LogP contribution in [0.5, 0.6) is 0 Å². The highest BCUT2D eigenvalue weighted by molar-refractivity contribution is 5.75. The first kappa shape index (κ1) is 101. The number of rotatable bonds is 38. The molecule has 8 aliphatic carbocycles. The summed E-state index contributed by atoms with van der Waals surface area (Å²) in [4.78, 5) is 61.0. The molecule has 21 N–H and O–H groups in total. The Labute approximate surface area is 664 Å². The molecule has 8 aliphatic rings. The number of nitrogens with one attached hydrogen (secondary N) is 1. The van der Waals surface area contributed by atoms with E-state index in [9.17, 15) is 111 Å². The topological polar surface area (TPSA) is 561 Å². The summed E-state index contributed by atoms with van der Waals surface area (Å²) in [5, 5.41) is 196. The number of carbonyl (C=O) groups is 4. The van der Waals surface area contributed by atoms with Gasteiger partial charge in [-0.25, -0.2) is 0 Å². The van der Waals surface area contributed by atoms with E-state index in [2.05, 4.69) is 18.9 Å². The summed E-state index contributed by atoms with van der Waals surface area (Å²) in [5.41, 5.74) is 0. The third-order valence-corrected chi connectivity index (χ3v) is 27.1. The minimum absolute atomic E-state index is 0.0184. The third kappa shape index (κ3) is 26.0. The highest BCUT2D eigenvalue weighted by Crippen LogP contribution is 2.44. The normalized spacial score (nSPS) is 44.1. The molecule has 658 valence electrons. The summed E-state index contributed by atoms with van der Waals surface area (Å²) in [7, 11) is 2.81. The lowest BCUT2D eigenvalue weighted by Gasteiger charge is -2.45. The summed E-state index contributed by atoms with van der Waals surface area (Å²) in [6.07, 6.45) is -10.7. The van der Waals surface area contributed by atoms with Crippen LogP contribution < -0.4 is 5.32 Å². The minimum atomic E-state index is -1.32. The van der Waals surface area contributed by atoms with Crippen LogP contribution in [0.3, 0.4) is 0 Å². The number of Topliss-reactive ketones (excluding diaryl/α,β-unsaturated/α-hetero) is 1. The van der Waals surface area contributed by atoms with Crippen LogP contribution in [0.25, 0.3) is 0 Å². The van der Waals surface area contributed by atoms with E-state index in [-0.39, 0.29) is 178 Å². The lowest BCUT2D eigenvalue weighted by molar-refractivity contribution is -0.172. The average molecular weight is 1630 g/mol. The Morgan fingerprint density at radius 2 is 0.637 bits per heavy atom. The molecule has 33 heteroatoms.